The van der Waals surface area contributed by atoms with Crippen molar-refractivity contribution in [2.45, 2.75) is 12.5 Å². The van der Waals surface area contributed by atoms with Crippen molar-refractivity contribution in [2.75, 3.05) is 0 Å². The molecular formula is C11H9FO2. The quantitative estimate of drug-likeness (QED) is 0.504. The molecule has 1 atom stereocenters. The van der Waals surface area contributed by atoms with E-state index in [-0.39, 0.29) is 17.9 Å². The first-order valence-electron chi connectivity index (χ1n) is 4.31. The van der Waals surface area contributed by atoms with E-state index in [2.05, 4.69) is 6.58 Å². The monoisotopic (exact) mass is 192 g/mol. The largest absolute Gasteiger partial charge is 0.454 e. The summed E-state index contributed by atoms with van der Waals surface area (Å²) >= 11 is 0. The lowest BCUT2D eigenvalue weighted by atomic mass is 10.1. The number of carbonyl (C=O) groups is 1. The van der Waals surface area contributed by atoms with Gasteiger partial charge >= 0.3 is 5.97 Å². The molecule has 0 radical (unpaired) electrons. The molecule has 1 aliphatic rings. The molecule has 1 saturated heterocycles. The Bertz CT molecular complexity index is 365. The van der Waals surface area contributed by atoms with Crippen LogP contribution >= 0.6 is 0 Å². The summed E-state index contributed by atoms with van der Waals surface area (Å²) in [4.78, 5) is 11.0. The molecule has 1 aromatic rings. The van der Waals surface area contributed by atoms with Crippen LogP contribution in [0.5, 0.6) is 0 Å². The van der Waals surface area contributed by atoms with Gasteiger partial charge in [0, 0.05) is 12.0 Å². The van der Waals surface area contributed by atoms with E-state index in [1.165, 1.54) is 12.1 Å². The van der Waals surface area contributed by atoms with Gasteiger partial charge in [0.05, 0.1) is 0 Å². The van der Waals surface area contributed by atoms with Gasteiger partial charge in [-0.1, -0.05) is 18.7 Å². The topological polar surface area (TPSA) is 26.3 Å². The second kappa shape index (κ2) is 3.25. The number of rotatable bonds is 1. The van der Waals surface area contributed by atoms with E-state index in [0.29, 0.717) is 12.0 Å². The van der Waals surface area contributed by atoms with E-state index in [1.54, 1.807) is 12.1 Å². The molecule has 0 bridgehead atoms. The number of hydrogen-bond donors (Lipinski definition) is 0. The third kappa shape index (κ3) is 1.53. The Labute approximate surface area is 81.0 Å². The van der Waals surface area contributed by atoms with Crippen molar-refractivity contribution in [3.8, 4) is 0 Å². The average molecular weight is 192 g/mol. The van der Waals surface area contributed by atoms with E-state index < -0.39 is 0 Å². The summed E-state index contributed by atoms with van der Waals surface area (Å²) < 4.78 is 17.6. The van der Waals surface area contributed by atoms with Crippen LogP contribution in [0, 0.1) is 5.82 Å². The predicted octanol–water partition coefficient (Wildman–Crippen LogP) is 2.37. The summed E-state index contributed by atoms with van der Waals surface area (Å²) in [6, 6.07) is 5.94. The molecule has 3 heteroatoms. The van der Waals surface area contributed by atoms with Gasteiger partial charge in [-0.05, 0) is 17.7 Å². The molecule has 1 aliphatic heterocycles. The Morgan fingerprint density at radius 3 is 2.50 bits per heavy atom. The highest BCUT2D eigenvalue weighted by Crippen LogP contribution is 2.31. The van der Waals surface area contributed by atoms with E-state index in [1.807, 2.05) is 0 Å². The zero-order valence-electron chi connectivity index (χ0n) is 7.50. The van der Waals surface area contributed by atoms with Gasteiger partial charge in [0.1, 0.15) is 11.9 Å². The first kappa shape index (κ1) is 8.94. The molecule has 14 heavy (non-hydrogen) atoms. The summed E-state index contributed by atoms with van der Waals surface area (Å²) in [5.41, 5.74) is 1.28. The maximum atomic E-state index is 12.6. The molecule has 1 unspecified atom stereocenters. The third-order valence-electron chi connectivity index (χ3n) is 2.21. The van der Waals surface area contributed by atoms with Crippen molar-refractivity contribution >= 4 is 5.97 Å². The number of carbonyl (C=O) groups excluding carboxylic acids is 1. The summed E-state index contributed by atoms with van der Waals surface area (Å²) in [6.45, 7) is 3.58. The Balaban J connectivity index is 2.21. The number of benzene rings is 1. The second-order valence-corrected chi connectivity index (χ2v) is 3.25. The second-order valence-electron chi connectivity index (χ2n) is 3.25. The summed E-state index contributed by atoms with van der Waals surface area (Å²) in [5.74, 6) is -0.656. The minimum absolute atomic E-state index is 0.295. The van der Waals surface area contributed by atoms with Gasteiger partial charge in [0.25, 0.3) is 0 Å². The van der Waals surface area contributed by atoms with Gasteiger partial charge in [0.15, 0.2) is 0 Å². The first-order chi connectivity index (χ1) is 6.66. The van der Waals surface area contributed by atoms with Gasteiger partial charge < -0.3 is 4.74 Å². The number of halogens is 1. The Morgan fingerprint density at radius 1 is 1.36 bits per heavy atom. The maximum absolute atomic E-state index is 12.6. The number of hydrogen-bond acceptors (Lipinski definition) is 2. The molecule has 1 fully saturated rings. The highest BCUT2D eigenvalue weighted by molar-refractivity contribution is 5.90. The van der Waals surface area contributed by atoms with Crippen LogP contribution in [0.15, 0.2) is 36.4 Å². The lowest BCUT2D eigenvalue weighted by molar-refractivity contribution is -0.139. The van der Waals surface area contributed by atoms with E-state index in [4.69, 9.17) is 4.74 Å². The van der Waals surface area contributed by atoms with Crippen LogP contribution in [0.1, 0.15) is 18.1 Å². The standard InChI is InChI=1S/C11H9FO2/c1-7-6-10(14-11(7)13)8-2-4-9(12)5-3-8/h2-5,10H,1,6H2. The fourth-order valence-corrected chi connectivity index (χ4v) is 1.42. The molecule has 72 valence electrons. The minimum Gasteiger partial charge on any atom is -0.454 e. The first-order valence-corrected chi connectivity index (χ1v) is 4.31. The minimum atomic E-state index is -0.362. The Morgan fingerprint density at radius 2 is 2.00 bits per heavy atom. The maximum Gasteiger partial charge on any atom is 0.334 e. The molecule has 0 spiro atoms. The van der Waals surface area contributed by atoms with Gasteiger partial charge in [0.2, 0.25) is 0 Å². The van der Waals surface area contributed by atoms with E-state index in [0.717, 1.165) is 5.56 Å². The summed E-state index contributed by atoms with van der Waals surface area (Å²) in [7, 11) is 0. The zero-order valence-corrected chi connectivity index (χ0v) is 7.50. The number of cyclic esters (lactones) is 1. The number of esters is 1. The fraction of sp³-hybridized carbons (Fsp3) is 0.182. The van der Waals surface area contributed by atoms with Crippen molar-refractivity contribution in [1.82, 2.24) is 0 Å². The van der Waals surface area contributed by atoms with Gasteiger partial charge in [-0.15, -0.1) is 0 Å². The van der Waals surface area contributed by atoms with Crippen molar-refractivity contribution in [3.05, 3.63) is 47.8 Å². The molecular weight excluding hydrogens is 183 g/mol. The van der Waals surface area contributed by atoms with Crippen LogP contribution in [-0.4, -0.2) is 5.97 Å². The van der Waals surface area contributed by atoms with E-state index in [9.17, 15) is 9.18 Å². The molecule has 0 aromatic heterocycles. The molecule has 1 heterocycles. The van der Waals surface area contributed by atoms with Crippen LogP contribution in [0.3, 0.4) is 0 Å². The lowest BCUT2D eigenvalue weighted by Crippen LogP contribution is -1.98. The van der Waals surface area contributed by atoms with Crippen LogP contribution in [0.2, 0.25) is 0 Å². The highest BCUT2D eigenvalue weighted by Gasteiger charge is 2.28. The molecule has 1 aromatic carbocycles. The molecule has 2 nitrogen and oxygen atoms in total. The number of ether oxygens (including phenoxy) is 1. The van der Waals surface area contributed by atoms with Crippen LogP contribution in [0.25, 0.3) is 0 Å². The highest BCUT2D eigenvalue weighted by atomic mass is 19.1. The fourth-order valence-electron chi connectivity index (χ4n) is 1.42. The molecule has 0 saturated carbocycles. The van der Waals surface area contributed by atoms with Gasteiger partial charge in [-0.2, -0.15) is 0 Å². The van der Waals surface area contributed by atoms with Crippen LogP contribution in [0.4, 0.5) is 4.39 Å². The van der Waals surface area contributed by atoms with Crippen molar-refractivity contribution in [1.29, 1.82) is 0 Å². The molecule has 0 N–H and O–H groups in total. The van der Waals surface area contributed by atoms with Crippen molar-refractivity contribution in [3.63, 3.8) is 0 Å². The molecule has 0 aliphatic carbocycles. The van der Waals surface area contributed by atoms with Crippen LogP contribution in [-0.2, 0) is 9.53 Å². The third-order valence-corrected chi connectivity index (χ3v) is 2.21. The normalized spacial score (nSPS) is 21.1. The van der Waals surface area contributed by atoms with Gasteiger partial charge in [-0.3, -0.25) is 0 Å². The SMILES string of the molecule is C=C1CC(c2ccc(F)cc2)OC1=O. The zero-order chi connectivity index (χ0) is 10.1. The Kier molecular flexibility index (Phi) is 2.08. The predicted molar refractivity (Wildman–Crippen MR) is 49.0 cm³/mol. The van der Waals surface area contributed by atoms with Crippen LogP contribution < -0.4 is 0 Å². The Hall–Kier alpha value is -1.64. The lowest BCUT2D eigenvalue weighted by Gasteiger charge is -2.07. The molecule has 0 amide bonds. The summed E-state index contributed by atoms with van der Waals surface area (Å²) in [5, 5.41) is 0. The average Bonchev–Trinajstić information content (AvgIpc) is 2.48. The van der Waals surface area contributed by atoms with Crippen molar-refractivity contribution < 1.29 is 13.9 Å². The van der Waals surface area contributed by atoms with Crippen molar-refractivity contribution in [2.24, 2.45) is 0 Å². The molecule has 2 rings (SSSR count). The smallest absolute Gasteiger partial charge is 0.334 e. The summed E-state index contributed by atoms with van der Waals surface area (Å²) in [6.07, 6.45) is 0.195. The van der Waals surface area contributed by atoms with E-state index >= 15 is 0 Å². The van der Waals surface area contributed by atoms with Gasteiger partial charge in [-0.25, -0.2) is 9.18 Å².